The number of allylic oxidation sites excluding steroid dienone is 4. The summed E-state index contributed by atoms with van der Waals surface area (Å²) in [5, 5.41) is 1.11. The third kappa shape index (κ3) is 1.90. The van der Waals surface area contributed by atoms with E-state index in [1.807, 2.05) is 18.2 Å². The van der Waals surface area contributed by atoms with Crippen LogP contribution in [-0.2, 0) is 5.54 Å². The fraction of sp³-hybridized carbons (Fsp3) is 0.235. The SMILES string of the molecule is NCCCC12C=CC=C(C1=S)c1nc3cc(Cl)ccc3c(=O)n12. The second-order valence-electron chi connectivity index (χ2n) is 5.82. The largest absolute Gasteiger partial charge is 0.330 e. The first-order valence-corrected chi connectivity index (χ1v) is 8.25. The molecule has 0 saturated carbocycles. The van der Waals surface area contributed by atoms with Crippen molar-refractivity contribution in [1.29, 1.82) is 0 Å². The Hall–Kier alpha value is -1.82. The molecule has 0 spiro atoms. The minimum atomic E-state index is -0.619. The van der Waals surface area contributed by atoms with Crippen LogP contribution in [0.3, 0.4) is 0 Å². The monoisotopic (exact) mass is 343 g/mol. The molecule has 0 saturated heterocycles. The lowest BCUT2D eigenvalue weighted by Gasteiger charge is -2.29. The molecule has 0 amide bonds. The first kappa shape index (κ1) is 14.8. The molecule has 4 rings (SSSR count). The minimum Gasteiger partial charge on any atom is -0.330 e. The molecule has 1 atom stereocenters. The first-order chi connectivity index (χ1) is 11.1. The van der Waals surface area contributed by atoms with E-state index in [-0.39, 0.29) is 5.56 Å². The molecule has 4 nitrogen and oxygen atoms in total. The Morgan fingerprint density at radius 1 is 1.39 bits per heavy atom. The van der Waals surface area contributed by atoms with E-state index >= 15 is 0 Å². The average molecular weight is 344 g/mol. The van der Waals surface area contributed by atoms with Crippen LogP contribution in [0.4, 0.5) is 0 Å². The zero-order valence-corrected chi connectivity index (χ0v) is 13.8. The number of nitrogens with zero attached hydrogens (tertiary/aromatic N) is 2. The van der Waals surface area contributed by atoms with Gasteiger partial charge in [0.1, 0.15) is 11.4 Å². The Morgan fingerprint density at radius 3 is 3.00 bits per heavy atom. The number of hydrogen-bond acceptors (Lipinski definition) is 4. The molecule has 1 unspecified atom stereocenters. The molecule has 1 aliphatic heterocycles. The Morgan fingerprint density at radius 2 is 2.22 bits per heavy atom. The fourth-order valence-electron chi connectivity index (χ4n) is 3.43. The van der Waals surface area contributed by atoms with Crippen molar-refractivity contribution in [2.75, 3.05) is 6.54 Å². The van der Waals surface area contributed by atoms with Crippen LogP contribution in [0, 0.1) is 0 Å². The van der Waals surface area contributed by atoms with Crippen LogP contribution >= 0.6 is 23.8 Å². The number of benzene rings is 1. The zero-order chi connectivity index (χ0) is 16.2. The van der Waals surface area contributed by atoms with Gasteiger partial charge in [0.2, 0.25) is 0 Å². The molecule has 0 fully saturated rings. The third-order valence-electron chi connectivity index (χ3n) is 4.51. The van der Waals surface area contributed by atoms with Gasteiger partial charge in [0.25, 0.3) is 5.56 Å². The molecule has 2 N–H and O–H groups in total. The molecule has 2 aliphatic rings. The standard InChI is InChI=1S/C17H14ClN3OS/c18-10-4-5-11-13(9-10)20-15-12-3-1-6-17(14(12)23,7-2-8-19)21(15)16(11)22/h1,3-6,9H,2,7-8,19H2. The Bertz CT molecular complexity index is 976. The normalized spacial score (nSPS) is 21.7. The molecule has 2 heterocycles. The fourth-order valence-corrected chi connectivity index (χ4v) is 4.02. The van der Waals surface area contributed by atoms with Crippen molar-refractivity contribution >= 4 is 45.2 Å². The molecule has 2 aromatic rings. The van der Waals surface area contributed by atoms with Crippen molar-refractivity contribution in [3.05, 3.63) is 57.6 Å². The van der Waals surface area contributed by atoms with E-state index in [1.165, 1.54) is 0 Å². The van der Waals surface area contributed by atoms with Gasteiger partial charge in [-0.1, -0.05) is 42.0 Å². The van der Waals surface area contributed by atoms with Crippen molar-refractivity contribution in [3.8, 4) is 0 Å². The van der Waals surface area contributed by atoms with Crippen molar-refractivity contribution < 1.29 is 0 Å². The van der Waals surface area contributed by atoms with E-state index in [0.717, 1.165) is 16.9 Å². The van der Waals surface area contributed by atoms with Crippen LogP contribution in [0.1, 0.15) is 18.7 Å². The van der Waals surface area contributed by atoms with Crippen LogP contribution < -0.4 is 11.3 Å². The van der Waals surface area contributed by atoms with Gasteiger partial charge in [0.15, 0.2) is 0 Å². The molecule has 23 heavy (non-hydrogen) atoms. The smallest absolute Gasteiger partial charge is 0.262 e. The highest BCUT2D eigenvalue weighted by Crippen LogP contribution is 2.43. The minimum absolute atomic E-state index is 0.0870. The average Bonchev–Trinajstić information content (AvgIpc) is 2.67. The lowest BCUT2D eigenvalue weighted by Crippen LogP contribution is -2.42. The molecule has 2 bridgehead atoms. The summed E-state index contributed by atoms with van der Waals surface area (Å²) in [6, 6.07) is 5.15. The molecular weight excluding hydrogens is 330 g/mol. The second kappa shape index (κ2) is 5.09. The predicted octanol–water partition coefficient (Wildman–Crippen LogP) is 2.82. The van der Waals surface area contributed by atoms with Crippen molar-refractivity contribution in [1.82, 2.24) is 9.55 Å². The maximum atomic E-state index is 13.1. The van der Waals surface area contributed by atoms with E-state index in [9.17, 15) is 4.79 Å². The van der Waals surface area contributed by atoms with E-state index in [2.05, 4.69) is 4.98 Å². The molecule has 116 valence electrons. The molecule has 6 heteroatoms. The van der Waals surface area contributed by atoms with Crippen LogP contribution in [0.15, 0.2) is 41.2 Å². The lowest BCUT2D eigenvalue weighted by molar-refractivity contribution is 0.451. The number of halogens is 1. The number of aromatic nitrogens is 2. The van der Waals surface area contributed by atoms with Gasteiger partial charge < -0.3 is 5.73 Å². The van der Waals surface area contributed by atoms with Crippen LogP contribution in [0.25, 0.3) is 16.5 Å². The van der Waals surface area contributed by atoms with Crippen molar-refractivity contribution in [2.24, 2.45) is 5.73 Å². The summed E-state index contributed by atoms with van der Waals surface area (Å²) in [7, 11) is 0. The lowest BCUT2D eigenvalue weighted by atomic mass is 9.85. The predicted molar refractivity (Wildman–Crippen MR) is 97.0 cm³/mol. The van der Waals surface area contributed by atoms with Gasteiger partial charge in [-0.2, -0.15) is 0 Å². The van der Waals surface area contributed by atoms with Gasteiger partial charge >= 0.3 is 0 Å². The number of nitrogens with two attached hydrogens (primary N) is 1. The van der Waals surface area contributed by atoms with Gasteiger partial charge in [-0.15, -0.1) is 0 Å². The molecule has 1 aromatic carbocycles. The van der Waals surface area contributed by atoms with Gasteiger partial charge in [0, 0.05) is 10.6 Å². The van der Waals surface area contributed by atoms with E-state index < -0.39 is 5.54 Å². The van der Waals surface area contributed by atoms with E-state index in [4.69, 9.17) is 29.6 Å². The zero-order valence-electron chi connectivity index (χ0n) is 12.3. The summed E-state index contributed by atoms with van der Waals surface area (Å²) in [4.78, 5) is 18.5. The summed E-state index contributed by atoms with van der Waals surface area (Å²) in [6.07, 6.45) is 7.35. The molecule has 1 aliphatic carbocycles. The van der Waals surface area contributed by atoms with Crippen molar-refractivity contribution in [3.63, 3.8) is 0 Å². The van der Waals surface area contributed by atoms with Gasteiger partial charge in [-0.3, -0.25) is 9.36 Å². The molecule has 0 radical (unpaired) electrons. The second-order valence-corrected chi connectivity index (χ2v) is 6.67. The number of rotatable bonds is 3. The summed E-state index contributed by atoms with van der Waals surface area (Å²) in [5.74, 6) is 0.622. The van der Waals surface area contributed by atoms with Crippen LogP contribution in [0.5, 0.6) is 0 Å². The Balaban J connectivity index is 2.08. The molecular formula is C17H14ClN3OS. The molecule has 1 aromatic heterocycles. The highest BCUT2D eigenvalue weighted by molar-refractivity contribution is 7.81. The number of thiocarbonyl (C=S) groups is 1. The first-order valence-electron chi connectivity index (χ1n) is 7.46. The van der Waals surface area contributed by atoms with Crippen LogP contribution in [-0.4, -0.2) is 21.0 Å². The van der Waals surface area contributed by atoms with Crippen LogP contribution in [0.2, 0.25) is 5.02 Å². The maximum absolute atomic E-state index is 13.1. The third-order valence-corrected chi connectivity index (χ3v) is 5.31. The van der Waals surface area contributed by atoms with Gasteiger partial charge in [-0.05, 0) is 37.6 Å². The maximum Gasteiger partial charge on any atom is 0.262 e. The van der Waals surface area contributed by atoms with Gasteiger partial charge in [0.05, 0.1) is 15.8 Å². The van der Waals surface area contributed by atoms with E-state index in [1.54, 1.807) is 22.8 Å². The Labute approximate surface area is 143 Å². The van der Waals surface area contributed by atoms with Gasteiger partial charge in [-0.25, -0.2) is 4.98 Å². The van der Waals surface area contributed by atoms with E-state index in [0.29, 0.717) is 34.7 Å². The Kier molecular flexibility index (Phi) is 3.27. The number of fused-ring (bicyclic) bond motifs is 6. The van der Waals surface area contributed by atoms with Crippen molar-refractivity contribution in [2.45, 2.75) is 18.4 Å². The number of hydrogen-bond donors (Lipinski definition) is 1. The topological polar surface area (TPSA) is 60.9 Å². The highest BCUT2D eigenvalue weighted by atomic mass is 35.5. The summed E-state index contributed by atoms with van der Waals surface area (Å²) >= 11 is 11.7. The summed E-state index contributed by atoms with van der Waals surface area (Å²) in [5.41, 5.74) is 6.42. The summed E-state index contributed by atoms with van der Waals surface area (Å²) < 4.78 is 1.73. The highest BCUT2D eigenvalue weighted by Gasteiger charge is 2.46. The quantitative estimate of drug-likeness (QED) is 0.870. The summed E-state index contributed by atoms with van der Waals surface area (Å²) in [6.45, 7) is 0.554.